The van der Waals surface area contributed by atoms with Gasteiger partial charge in [-0.2, -0.15) is 0 Å². The maximum absolute atomic E-state index is 12.7. The zero-order chi connectivity index (χ0) is 20.7. The summed E-state index contributed by atoms with van der Waals surface area (Å²) in [5.74, 6) is 0.359. The summed E-state index contributed by atoms with van der Waals surface area (Å²) in [4.78, 5) is 12.7. The second-order valence-electron chi connectivity index (χ2n) is 6.98. The van der Waals surface area contributed by atoms with Crippen molar-refractivity contribution in [2.24, 2.45) is 0 Å². The van der Waals surface area contributed by atoms with Gasteiger partial charge in [-0.15, -0.1) is 0 Å². The number of hydrogen-bond acceptors (Lipinski definition) is 8. The van der Waals surface area contributed by atoms with Crippen LogP contribution in [0.25, 0.3) is 22.1 Å². The fourth-order valence-corrected chi connectivity index (χ4v) is 3.27. The van der Waals surface area contributed by atoms with Crippen LogP contribution in [0.2, 0.25) is 0 Å². The van der Waals surface area contributed by atoms with Crippen molar-refractivity contribution in [1.29, 1.82) is 0 Å². The van der Waals surface area contributed by atoms with Gasteiger partial charge < -0.3 is 34.3 Å². The van der Waals surface area contributed by atoms with Gasteiger partial charge in [0.05, 0.1) is 17.1 Å². The van der Waals surface area contributed by atoms with Crippen molar-refractivity contribution >= 4 is 11.0 Å². The molecule has 2 aromatic carbocycles. The Hall–Kier alpha value is -2.91. The molecule has 5 atom stereocenters. The Morgan fingerprint density at radius 2 is 1.69 bits per heavy atom. The Morgan fingerprint density at radius 3 is 2.41 bits per heavy atom. The summed E-state index contributed by atoms with van der Waals surface area (Å²) < 4.78 is 16.5. The lowest BCUT2D eigenvalue weighted by atomic mass is 10.00. The lowest BCUT2D eigenvalue weighted by Crippen LogP contribution is -2.58. The minimum atomic E-state index is -1.41. The first-order chi connectivity index (χ1) is 13.8. The van der Waals surface area contributed by atoms with Crippen LogP contribution in [-0.2, 0) is 4.74 Å². The number of phenolic OH excluding ortho intramolecular Hbond substituents is 1. The zero-order valence-corrected chi connectivity index (χ0v) is 15.4. The molecule has 1 aromatic heterocycles. The van der Waals surface area contributed by atoms with Crippen LogP contribution in [0.15, 0.2) is 57.9 Å². The fourth-order valence-electron chi connectivity index (χ4n) is 3.27. The molecule has 3 aromatic rings. The highest BCUT2D eigenvalue weighted by atomic mass is 16.7. The quantitative estimate of drug-likeness (QED) is 0.519. The van der Waals surface area contributed by atoms with E-state index in [0.29, 0.717) is 22.3 Å². The van der Waals surface area contributed by atoms with Crippen molar-refractivity contribution in [3.8, 4) is 22.6 Å². The highest BCUT2D eigenvalue weighted by Gasteiger charge is 2.43. The average molecular weight is 400 g/mol. The Bertz CT molecular complexity index is 1070. The average Bonchev–Trinajstić information content (AvgIpc) is 2.71. The molecule has 2 heterocycles. The number of aliphatic hydroxyl groups excluding tert-OH is 3. The molecule has 1 fully saturated rings. The van der Waals surface area contributed by atoms with E-state index < -0.39 is 30.7 Å². The number of rotatable bonds is 3. The third-order valence-electron chi connectivity index (χ3n) is 4.98. The third-order valence-corrected chi connectivity index (χ3v) is 4.98. The predicted octanol–water partition coefficient (Wildman–Crippen LogP) is 1.37. The minimum Gasteiger partial charge on any atom is -0.508 e. The van der Waals surface area contributed by atoms with Crippen LogP contribution in [0.4, 0.5) is 0 Å². The maximum Gasteiger partial charge on any atom is 0.229 e. The highest BCUT2D eigenvalue weighted by molar-refractivity contribution is 5.82. The van der Waals surface area contributed by atoms with Crippen LogP contribution in [0.1, 0.15) is 6.92 Å². The van der Waals surface area contributed by atoms with E-state index in [9.17, 15) is 25.2 Å². The normalized spacial score (nSPS) is 27.1. The topological polar surface area (TPSA) is 130 Å². The van der Waals surface area contributed by atoms with Crippen molar-refractivity contribution in [3.05, 3.63) is 59.0 Å². The minimum absolute atomic E-state index is 0.00831. The smallest absolute Gasteiger partial charge is 0.229 e. The molecule has 152 valence electrons. The van der Waals surface area contributed by atoms with Gasteiger partial charge >= 0.3 is 0 Å². The lowest BCUT2D eigenvalue weighted by Gasteiger charge is -2.38. The number of fused-ring (bicyclic) bond motifs is 1. The Balaban J connectivity index is 1.57. The predicted molar refractivity (Wildman–Crippen MR) is 103 cm³/mol. The van der Waals surface area contributed by atoms with E-state index in [1.165, 1.54) is 24.5 Å². The standard InChI is InChI=1S/C21H20O8/c1-10-17(23)19(25)20(26)21(28-10)29-13-5-2-11(3-6-13)15-9-27-16-8-12(22)4-7-14(16)18(15)24/h2-10,17,19-23,25-26H,1H3. The molecule has 0 amide bonds. The van der Waals surface area contributed by atoms with E-state index >= 15 is 0 Å². The molecule has 0 radical (unpaired) electrons. The maximum atomic E-state index is 12.7. The van der Waals surface area contributed by atoms with Gasteiger partial charge in [0.2, 0.25) is 6.29 Å². The van der Waals surface area contributed by atoms with E-state index in [-0.39, 0.29) is 16.8 Å². The molecule has 5 unspecified atom stereocenters. The van der Waals surface area contributed by atoms with Gasteiger partial charge in [0.15, 0.2) is 5.43 Å². The molecule has 0 saturated carbocycles. The molecule has 1 aliphatic rings. The summed E-state index contributed by atoms with van der Waals surface area (Å²) in [7, 11) is 0. The van der Waals surface area contributed by atoms with Gasteiger partial charge in [0.25, 0.3) is 0 Å². The van der Waals surface area contributed by atoms with E-state index in [1.807, 2.05) is 0 Å². The molecule has 0 aliphatic carbocycles. The molecule has 4 N–H and O–H groups in total. The van der Waals surface area contributed by atoms with Crippen molar-refractivity contribution < 1.29 is 34.3 Å². The summed E-state index contributed by atoms with van der Waals surface area (Å²) in [6.45, 7) is 1.57. The van der Waals surface area contributed by atoms with Crippen LogP contribution >= 0.6 is 0 Å². The van der Waals surface area contributed by atoms with Gasteiger partial charge in [-0.05, 0) is 36.8 Å². The molecular formula is C21H20O8. The van der Waals surface area contributed by atoms with E-state index in [2.05, 4.69) is 0 Å². The summed E-state index contributed by atoms with van der Waals surface area (Å²) >= 11 is 0. The second kappa shape index (κ2) is 7.49. The SMILES string of the molecule is CC1OC(Oc2ccc(-c3coc4cc(O)ccc4c3=O)cc2)C(O)C(O)C1O. The van der Waals surface area contributed by atoms with E-state index in [4.69, 9.17) is 13.9 Å². The Kier molecular flexibility index (Phi) is 5.01. The first kappa shape index (κ1) is 19.4. The molecule has 0 bridgehead atoms. The summed E-state index contributed by atoms with van der Waals surface area (Å²) in [5.41, 5.74) is 0.986. The van der Waals surface area contributed by atoms with Gasteiger partial charge in [-0.1, -0.05) is 12.1 Å². The molecule has 0 spiro atoms. The van der Waals surface area contributed by atoms with Crippen molar-refractivity contribution in [2.75, 3.05) is 0 Å². The van der Waals surface area contributed by atoms with Crippen molar-refractivity contribution in [2.45, 2.75) is 37.6 Å². The molecular weight excluding hydrogens is 380 g/mol. The number of aliphatic hydroxyl groups is 3. The third kappa shape index (κ3) is 3.58. The number of hydrogen-bond donors (Lipinski definition) is 4. The zero-order valence-electron chi connectivity index (χ0n) is 15.4. The largest absolute Gasteiger partial charge is 0.508 e. The Morgan fingerprint density at radius 1 is 0.966 bits per heavy atom. The monoisotopic (exact) mass is 400 g/mol. The Labute approximate surface area is 165 Å². The summed E-state index contributed by atoms with van der Waals surface area (Å²) in [6, 6.07) is 10.8. The molecule has 1 saturated heterocycles. The van der Waals surface area contributed by atoms with Gasteiger partial charge in [-0.3, -0.25) is 4.79 Å². The number of phenols is 1. The van der Waals surface area contributed by atoms with E-state index in [1.54, 1.807) is 31.2 Å². The lowest BCUT2D eigenvalue weighted by molar-refractivity contribution is -0.268. The summed E-state index contributed by atoms with van der Waals surface area (Å²) in [6.07, 6.45) is -4.53. The van der Waals surface area contributed by atoms with Crippen molar-refractivity contribution in [1.82, 2.24) is 0 Å². The molecule has 29 heavy (non-hydrogen) atoms. The molecule has 1 aliphatic heterocycles. The van der Waals surface area contributed by atoms with E-state index in [0.717, 1.165) is 0 Å². The number of ether oxygens (including phenoxy) is 2. The van der Waals surface area contributed by atoms with Crippen LogP contribution in [0.3, 0.4) is 0 Å². The van der Waals surface area contributed by atoms with Crippen molar-refractivity contribution in [3.63, 3.8) is 0 Å². The number of benzene rings is 2. The van der Waals surface area contributed by atoms with Gasteiger partial charge in [-0.25, -0.2) is 0 Å². The second-order valence-corrected chi connectivity index (χ2v) is 6.98. The highest BCUT2D eigenvalue weighted by Crippen LogP contribution is 2.27. The van der Waals surface area contributed by atoms with Gasteiger partial charge in [0.1, 0.15) is 41.7 Å². The van der Waals surface area contributed by atoms with Crippen LogP contribution in [-0.4, -0.2) is 51.1 Å². The first-order valence-electron chi connectivity index (χ1n) is 9.06. The van der Waals surface area contributed by atoms with Crippen LogP contribution in [0, 0.1) is 0 Å². The fraction of sp³-hybridized carbons (Fsp3) is 0.286. The first-order valence-corrected chi connectivity index (χ1v) is 9.06. The molecule has 8 heteroatoms. The van der Waals surface area contributed by atoms with Gasteiger partial charge in [0, 0.05) is 6.07 Å². The van der Waals surface area contributed by atoms with Crippen LogP contribution < -0.4 is 10.2 Å². The van der Waals surface area contributed by atoms with Crippen LogP contribution in [0.5, 0.6) is 11.5 Å². The number of aromatic hydroxyl groups is 1. The molecule has 4 rings (SSSR count). The summed E-state index contributed by atoms with van der Waals surface area (Å²) in [5, 5.41) is 39.5. The molecule has 8 nitrogen and oxygen atoms in total.